The molecule has 0 amide bonds. The van der Waals surface area contributed by atoms with E-state index in [0.29, 0.717) is 26.2 Å². The minimum absolute atomic E-state index is 0.198. The molecule has 2 aromatic rings. The molecular formula is C15H12Cl3NO2. The van der Waals surface area contributed by atoms with E-state index in [1.165, 1.54) is 0 Å². The van der Waals surface area contributed by atoms with Gasteiger partial charge in [0.2, 0.25) is 0 Å². The van der Waals surface area contributed by atoms with Crippen molar-refractivity contribution in [3.8, 4) is 0 Å². The predicted molar refractivity (Wildman–Crippen MR) is 85.1 cm³/mol. The Morgan fingerprint density at radius 1 is 1.05 bits per heavy atom. The Morgan fingerprint density at radius 2 is 1.67 bits per heavy atom. The molecule has 0 aliphatic rings. The third-order valence-corrected chi connectivity index (χ3v) is 4.20. The zero-order chi connectivity index (χ0) is 15.4. The van der Waals surface area contributed by atoms with Gasteiger partial charge in [-0.3, -0.25) is 10.1 Å². The summed E-state index contributed by atoms with van der Waals surface area (Å²) in [5.74, 6) is -0.976. The van der Waals surface area contributed by atoms with E-state index < -0.39 is 12.0 Å². The lowest BCUT2D eigenvalue weighted by Crippen LogP contribution is -2.28. The molecule has 0 saturated carbocycles. The van der Waals surface area contributed by atoms with Crippen molar-refractivity contribution >= 4 is 40.8 Å². The number of rotatable bonds is 5. The first-order valence-electron chi connectivity index (χ1n) is 6.14. The molecule has 0 fully saturated rings. The van der Waals surface area contributed by atoms with E-state index in [0.717, 1.165) is 0 Å². The predicted octanol–water partition coefficient (Wildman–Crippen LogP) is 4.56. The maximum absolute atomic E-state index is 11.4. The van der Waals surface area contributed by atoms with Crippen molar-refractivity contribution in [2.45, 2.75) is 12.6 Å². The Morgan fingerprint density at radius 3 is 2.29 bits per heavy atom. The molecular weight excluding hydrogens is 333 g/mol. The molecule has 3 nitrogen and oxygen atoms in total. The smallest absolute Gasteiger partial charge is 0.325 e. The van der Waals surface area contributed by atoms with Crippen LogP contribution in [0.1, 0.15) is 17.2 Å². The standard InChI is InChI=1S/C15H12Cl3NO2/c16-11-6-7-12(17)13(18)10(11)8-19-14(15(20)21)9-4-2-1-3-5-9/h1-7,14,19H,8H2,(H,20,21). The summed E-state index contributed by atoms with van der Waals surface area (Å²) in [6.07, 6.45) is 0. The largest absolute Gasteiger partial charge is 0.480 e. The van der Waals surface area contributed by atoms with Gasteiger partial charge in [-0.2, -0.15) is 0 Å². The number of carboxylic acid groups (broad SMARTS) is 1. The van der Waals surface area contributed by atoms with Gasteiger partial charge >= 0.3 is 5.97 Å². The van der Waals surface area contributed by atoms with E-state index in [2.05, 4.69) is 5.32 Å². The average molecular weight is 345 g/mol. The van der Waals surface area contributed by atoms with Crippen LogP contribution in [-0.4, -0.2) is 11.1 Å². The summed E-state index contributed by atoms with van der Waals surface area (Å²) in [4.78, 5) is 11.4. The summed E-state index contributed by atoms with van der Waals surface area (Å²) in [6, 6.07) is 11.3. The van der Waals surface area contributed by atoms with Crippen LogP contribution in [0.3, 0.4) is 0 Å². The van der Waals surface area contributed by atoms with Crippen LogP contribution < -0.4 is 5.32 Å². The van der Waals surface area contributed by atoms with Crippen LogP contribution in [0.15, 0.2) is 42.5 Å². The molecule has 0 radical (unpaired) electrons. The molecule has 0 saturated heterocycles. The topological polar surface area (TPSA) is 49.3 Å². The number of halogens is 3. The zero-order valence-corrected chi connectivity index (χ0v) is 13.1. The molecule has 21 heavy (non-hydrogen) atoms. The first kappa shape index (κ1) is 16.1. The number of benzene rings is 2. The third kappa shape index (κ3) is 3.89. The van der Waals surface area contributed by atoms with E-state index in [-0.39, 0.29) is 6.54 Å². The Bertz CT molecular complexity index is 647. The van der Waals surface area contributed by atoms with Crippen LogP contribution in [0, 0.1) is 0 Å². The first-order valence-corrected chi connectivity index (χ1v) is 7.27. The molecule has 1 atom stereocenters. The van der Waals surface area contributed by atoms with E-state index >= 15 is 0 Å². The van der Waals surface area contributed by atoms with E-state index in [1.807, 2.05) is 6.07 Å². The molecule has 2 aromatic carbocycles. The van der Waals surface area contributed by atoms with Crippen molar-refractivity contribution in [1.82, 2.24) is 5.32 Å². The molecule has 0 aliphatic carbocycles. The van der Waals surface area contributed by atoms with E-state index in [1.54, 1.807) is 36.4 Å². The average Bonchev–Trinajstić information content (AvgIpc) is 2.47. The Balaban J connectivity index is 2.21. The highest BCUT2D eigenvalue weighted by Crippen LogP contribution is 2.31. The summed E-state index contributed by atoms with van der Waals surface area (Å²) in [7, 11) is 0. The molecule has 1 unspecified atom stereocenters. The number of carboxylic acids is 1. The lowest BCUT2D eigenvalue weighted by molar-refractivity contribution is -0.139. The normalized spacial score (nSPS) is 12.1. The second kappa shape index (κ2) is 7.14. The molecule has 0 spiro atoms. The van der Waals surface area contributed by atoms with Gasteiger partial charge in [0.05, 0.1) is 10.0 Å². The number of carbonyl (C=O) groups is 1. The Hall–Kier alpha value is -1.26. The van der Waals surface area contributed by atoms with Crippen LogP contribution in [-0.2, 0) is 11.3 Å². The van der Waals surface area contributed by atoms with Gasteiger partial charge in [-0.15, -0.1) is 0 Å². The van der Waals surface area contributed by atoms with Crippen LogP contribution in [0.5, 0.6) is 0 Å². The fourth-order valence-electron chi connectivity index (χ4n) is 1.93. The molecule has 110 valence electrons. The van der Waals surface area contributed by atoms with E-state index in [9.17, 15) is 9.90 Å². The minimum atomic E-state index is -0.976. The zero-order valence-electron chi connectivity index (χ0n) is 10.8. The van der Waals surface area contributed by atoms with Gasteiger partial charge in [0.1, 0.15) is 6.04 Å². The van der Waals surface area contributed by atoms with Gasteiger partial charge < -0.3 is 5.11 Å². The minimum Gasteiger partial charge on any atom is -0.480 e. The highest BCUT2D eigenvalue weighted by atomic mass is 35.5. The van der Waals surface area contributed by atoms with Crippen molar-refractivity contribution in [3.63, 3.8) is 0 Å². The van der Waals surface area contributed by atoms with Gasteiger partial charge in [0, 0.05) is 17.1 Å². The lowest BCUT2D eigenvalue weighted by atomic mass is 10.1. The third-order valence-electron chi connectivity index (χ3n) is 3.00. The number of hydrogen-bond acceptors (Lipinski definition) is 2. The second-order valence-corrected chi connectivity index (χ2v) is 5.58. The number of nitrogens with one attached hydrogen (secondary N) is 1. The van der Waals surface area contributed by atoms with Crippen molar-refractivity contribution in [3.05, 3.63) is 68.7 Å². The summed E-state index contributed by atoms with van der Waals surface area (Å²) < 4.78 is 0. The highest BCUT2D eigenvalue weighted by Gasteiger charge is 2.20. The Labute approximate surface area is 137 Å². The van der Waals surface area contributed by atoms with Gasteiger partial charge in [-0.1, -0.05) is 65.1 Å². The SMILES string of the molecule is O=C(O)C(NCc1c(Cl)ccc(Cl)c1Cl)c1ccccc1. The number of hydrogen-bond donors (Lipinski definition) is 2. The van der Waals surface area contributed by atoms with Crippen LogP contribution in [0.2, 0.25) is 15.1 Å². The molecule has 2 N–H and O–H groups in total. The van der Waals surface area contributed by atoms with Gasteiger partial charge in [-0.25, -0.2) is 0 Å². The van der Waals surface area contributed by atoms with Crippen molar-refractivity contribution < 1.29 is 9.90 Å². The maximum Gasteiger partial charge on any atom is 0.325 e. The van der Waals surface area contributed by atoms with Gasteiger partial charge in [0.15, 0.2) is 0 Å². The molecule has 0 aromatic heterocycles. The Kier molecular flexibility index (Phi) is 5.48. The fraction of sp³-hybridized carbons (Fsp3) is 0.133. The van der Waals surface area contributed by atoms with Gasteiger partial charge in [-0.05, 0) is 17.7 Å². The van der Waals surface area contributed by atoms with Gasteiger partial charge in [0.25, 0.3) is 0 Å². The van der Waals surface area contributed by atoms with Crippen molar-refractivity contribution in [1.29, 1.82) is 0 Å². The maximum atomic E-state index is 11.4. The van der Waals surface area contributed by atoms with Crippen LogP contribution in [0.4, 0.5) is 0 Å². The lowest BCUT2D eigenvalue weighted by Gasteiger charge is -2.16. The monoisotopic (exact) mass is 343 g/mol. The molecule has 0 heterocycles. The van der Waals surface area contributed by atoms with Crippen molar-refractivity contribution in [2.75, 3.05) is 0 Å². The highest BCUT2D eigenvalue weighted by molar-refractivity contribution is 6.44. The molecule has 6 heteroatoms. The number of aliphatic carboxylic acids is 1. The van der Waals surface area contributed by atoms with Crippen LogP contribution in [0.25, 0.3) is 0 Å². The summed E-state index contributed by atoms with van der Waals surface area (Å²) in [5.41, 5.74) is 1.23. The quantitative estimate of drug-likeness (QED) is 0.782. The fourth-order valence-corrected chi connectivity index (χ4v) is 2.61. The van der Waals surface area contributed by atoms with Crippen molar-refractivity contribution in [2.24, 2.45) is 0 Å². The molecule has 2 rings (SSSR count). The second-order valence-electron chi connectivity index (χ2n) is 4.38. The first-order chi connectivity index (χ1) is 10.0. The summed E-state index contributed by atoms with van der Waals surface area (Å²) in [6.45, 7) is 0.198. The molecule has 0 aliphatic heterocycles. The molecule has 0 bridgehead atoms. The summed E-state index contributed by atoms with van der Waals surface area (Å²) in [5, 5.41) is 13.4. The van der Waals surface area contributed by atoms with Crippen LogP contribution >= 0.6 is 34.8 Å². The summed E-state index contributed by atoms with van der Waals surface area (Å²) >= 11 is 18.1. The van der Waals surface area contributed by atoms with E-state index in [4.69, 9.17) is 34.8 Å².